The monoisotopic (exact) mass is 449 g/mol. The summed E-state index contributed by atoms with van der Waals surface area (Å²) in [5, 5.41) is 0. The quantitative estimate of drug-likeness (QED) is 0.322. The number of ether oxygens (including phenoxy) is 2. The predicted molar refractivity (Wildman–Crippen MR) is 122 cm³/mol. The van der Waals surface area contributed by atoms with Crippen LogP contribution in [0.3, 0.4) is 0 Å². The number of thioether (sulfide) groups is 2. The van der Waals surface area contributed by atoms with Gasteiger partial charge in [0, 0.05) is 18.6 Å². The van der Waals surface area contributed by atoms with E-state index in [4.69, 9.17) is 21.7 Å². The lowest BCUT2D eigenvalue weighted by Gasteiger charge is -2.11. The van der Waals surface area contributed by atoms with Crippen molar-refractivity contribution < 1.29 is 18.7 Å². The number of carbonyl (C=O) groups is 1. The Balaban J connectivity index is 1.55. The molecule has 0 atom stereocenters. The maximum absolute atomic E-state index is 13.2. The summed E-state index contributed by atoms with van der Waals surface area (Å²) in [6.45, 7) is 0.504. The molecule has 0 saturated carbocycles. The zero-order valence-corrected chi connectivity index (χ0v) is 18.5. The fourth-order valence-electron chi connectivity index (χ4n) is 2.62. The van der Waals surface area contributed by atoms with E-state index in [-0.39, 0.29) is 11.7 Å². The summed E-state index contributed by atoms with van der Waals surface area (Å²) in [5.74, 6) is 2.41. The van der Waals surface area contributed by atoms with Crippen molar-refractivity contribution in [1.29, 1.82) is 0 Å². The molecule has 0 spiro atoms. The van der Waals surface area contributed by atoms with Crippen LogP contribution in [0, 0.1) is 5.82 Å². The summed E-state index contributed by atoms with van der Waals surface area (Å²) < 4.78 is 25.0. The first kappa shape index (κ1) is 21.7. The van der Waals surface area contributed by atoms with E-state index in [9.17, 15) is 9.18 Å². The van der Waals surface area contributed by atoms with Gasteiger partial charge in [-0.05, 0) is 41.5 Å². The van der Waals surface area contributed by atoms with Crippen molar-refractivity contribution in [2.24, 2.45) is 0 Å². The molecule has 1 heterocycles. The Morgan fingerprint density at radius 1 is 1.24 bits per heavy atom. The van der Waals surface area contributed by atoms with E-state index in [0.717, 1.165) is 22.6 Å². The molecule has 4 nitrogen and oxygen atoms in total. The van der Waals surface area contributed by atoms with E-state index in [1.165, 1.54) is 22.7 Å². The van der Waals surface area contributed by atoms with Crippen LogP contribution >= 0.6 is 35.7 Å². The molecule has 0 N–H and O–H groups in total. The topological polar surface area (TPSA) is 38.8 Å². The second-order valence-corrected chi connectivity index (χ2v) is 8.96. The average Bonchev–Trinajstić information content (AvgIpc) is 2.95. The Morgan fingerprint density at radius 3 is 2.76 bits per heavy atom. The minimum Gasteiger partial charge on any atom is -0.493 e. The molecule has 0 bridgehead atoms. The lowest BCUT2D eigenvalue weighted by atomic mass is 10.2. The molecule has 1 aliphatic heterocycles. The fraction of sp³-hybridized carbons (Fsp3) is 0.238. The second kappa shape index (κ2) is 10.1. The van der Waals surface area contributed by atoms with Crippen molar-refractivity contribution in [3.05, 3.63) is 64.3 Å². The fourth-order valence-corrected chi connectivity index (χ4v) is 4.56. The van der Waals surface area contributed by atoms with Crippen LogP contribution in [0.15, 0.2) is 47.4 Å². The third kappa shape index (κ3) is 5.74. The first-order valence-corrected chi connectivity index (χ1v) is 11.2. The molecule has 0 radical (unpaired) electrons. The van der Waals surface area contributed by atoms with E-state index in [0.29, 0.717) is 27.3 Å². The Hall–Kier alpha value is -2.03. The smallest absolute Gasteiger partial charge is 0.265 e. The van der Waals surface area contributed by atoms with E-state index >= 15 is 0 Å². The molecular formula is C21H20FNO3S3. The maximum Gasteiger partial charge on any atom is 0.265 e. The van der Waals surface area contributed by atoms with Gasteiger partial charge in [0.2, 0.25) is 0 Å². The first-order chi connectivity index (χ1) is 14.0. The molecular weight excluding hydrogens is 429 g/mol. The van der Waals surface area contributed by atoms with Gasteiger partial charge in [-0.1, -0.05) is 42.2 Å². The van der Waals surface area contributed by atoms with Crippen LogP contribution < -0.4 is 9.47 Å². The number of halogens is 1. The zero-order chi connectivity index (χ0) is 20.8. The van der Waals surface area contributed by atoms with Crippen LogP contribution in [0.5, 0.6) is 11.5 Å². The summed E-state index contributed by atoms with van der Waals surface area (Å²) in [6.07, 6.45) is 1.80. The lowest BCUT2D eigenvalue weighted by molar-refractivity contribution is -0.121. The SMILES string of the molecule is COc1cc(/C=C2/SC(=S)N(C)C2=O)ccc1OCCSCc1cccc(F)c1. The lowest BCUT2D eigenvalue weighted by Crippen LogP contribution is -2.22. The highest BCUT2D eigenvalue weighted by atomic mass is 32.2. The standard InChI is InChI=1S/C21H20FNO3S3/c1-23-20(24)19(29-21(23)27)12-14-6-7-17(18(11-14)25-2)26-8-9-28-13-15-4-3-5-16(22)10-15/h3-7,10-12H,8-9,13H2,1-2H3/b19-12+. The molecule has 2 aromatic carbocycles. The molecule has 1 amide bonds. The molecule has 1 aliphatic rings. The number of benzene rings is 2. The van der Waals surface area contributed by atoms with E-state index < -0.39 is 0 Å². The van der Waals surface area contributed by atoms with Crippen LogP contribution in [0.4, 0.5) is 4.39 Å². The van der Waals surface area contributed by atoms with Gasteiger partial charge in [-0.3, -0.25) is 9.69 Å². The Kier molecular flexibility index (Phi) is 7.57. The van der Waals surface area contributed by atoms with Crippen LogP contribution in [-0.4, -0.2) is 41.6 Å². The summed E-state index contributed by atoms with van der Waals surface area (Å²) in [4.78, 5) is 14.2. The summed E-state index contributed by atoms with van der Waals surface area (Å²) in [7, 11) is 3.25. The Labute approximate surface area is 183 Å². The summed E-state index contributed by atoms with van der Waals surface area (Å²) in [6, 6.07) is 12.1. The third-order valence-electron chi connectivity index (χ3n) is 4.11. The van der Waals surface area contributed by atoms with Gasteiger partial charge in [0.05, 0.1) is 18.6 Å². The highest BCUT2D eigenvalue weighted by molar-refractivity contribution is 8.26. The molecule has 152 valence electrons. The van der Waals surface area contributed by atoms with Crippen molar-refractivity contribution in [2.75, 3.05) is 26.5 Å². The van der Waals surface area contributed by atoms with Gasteiger partial charge < -0.3 is 9.47 Å². The number of amides is 1. The van der Waals surface area contributed by atoms with E-state index in [1.54, 1.807) is 44.1 Å². The number of hydrogen-bond acceptors (Lipinski definition) is 6. The predicted octanol–water partition coefficient (Wildman–Crippen LogP) is 4.98. The molecule has 0 aliphatic carbocycles. The van der Waals surface area contributed by atoms with Gasteiger partial charge >= 0.3 is 0 Å². The number of rotatable bonds is 8. The van der Waals surface area contributed by atoms with Gasteiger partial charge in [0.1, 0.15) is 10.1 Å². The highest BCUT2D eigenvalue weighted by Gasteiger charge is 2.28. The second-order valence-electron chi connectivity index (χ2n) is 6.18. The Morgan fingerprint density at radius 2 is 2.07 bits per heavy atom. The van der Waals surface area contributed by atoms with Crippen molar-refractivity contribution in [2.45, 2.75) is 5.75 Å². The molecule has 8 heteroatoms. The van der Waals surface area contributed by atoms with Gasteiger partial charge in [-0.2, -0.15) is 11.8 Å². The van der Waals surface area contributed by atoms with Gasteiger partial charge in [0.15, 0.2) is 11.5 Å². The first-order valence-electron chi connectivity index (χ1n) is 8.82. The third-order valence-corrected chi connectivity index (χ3v) is 6.59. The van der Waals surface area contributed by atoms with Crippen LogP contribution in [0.1, 0.15) is 11.1 Å². The number of carbonyl (C=O) groups excluding carboxylic acids is 1. The minimum absolute atomic E-state index is 0.102. The summed E-state index contributed by atoms with van der Waals surface area (Å²) in [5.41, 5.74) is 1.79. The summed E-state index contributed by atoms with van der Waals surface area (Å²) >= 11 is 8.11. The number of hydrogen-bond donors (Lipinski definition) is 0. The number of nitrogens with zero attached hydrogens (tertiary/aromatic N) is 1. The maximum atomic E-state index is 13.2. The van der Waals surface area contributed by atoms with Crippen molar-refractivity contribution in [1.82, 2.24) is 4.90 Å². The average molecular weight is 450 g/mol. The molecule has 1 saturated heterocycles. The van der Waals surface area contributed by atoms with Crippen molar-refractivity contribution in [3.63, 3.8) is 0 Å². The highest BCUT2D eigenvalue weighted by Crippen LogP contribution is 2.34. The van der Waals surface area contributed by atoms with Crippen LogP contribution in [-0.2, 0) is 10.5 Å². The van der Waals surface area contributed by atoms with Crippen molar-refractivity contribution in [3.8, 4) is 11.5 Å². The van der Waals surface area contributed by atoms with Gasteiger partial charge in [0.25, 0.3) is 5.91 Å². The van der Waals surface area contributed by atoms with E-state index in [1.807, 2.05) is 24.3 Å². The van der Waals surface area contributed by atoms with Crippen LogP contribution in [0.2, 0.25) is 0 Å². The largest absolute Gasteiger partial charge is 0.493 e. The van der Waals surface area contributed by atoms with E-state index in [2.05, 4.69) is 0 Å². The minimum atomic E-state index is -0.217. The zero-order valence-electron chi connectivity index (χ0n) is 16.0. The molecule has 1 fully saturated rings. The number of likely N-dealkylation sites (N-methyl/N-ethyl adjacent to an activating group) is 1. The Bertz CT molecular complexity index is 949. The van der Waals surface area contributed by atoms with Crippen molar-refractivity contribution >= 4 is 52.0 Å². The normalized spacial score (nSPS) is 15.3. The molecule has 29 heavy (non-hydrogen) atoms. The number of methoxy groups -OCH3 is 1. The van der Waals surface area contributed by atoms with Gasteiger partial charge in [-0.25, -0.2) is 4.39 Å². The molecule has 0 aromatic heterocycles. The molecule has 0 unspecified atom stereocenters. The number of thiocarbonyl (C=S) groups is 1. The molecule has 3 rings (SSSR count). The van der Waals surface area contributed by atoms with Crippen LogP contribution in [0.25, 0.3) is 6.08 Å². The van der Waals surface area contributed by atoms with Gasteiger partial charge in [-0.15, -0.1) is 0 Å². The molecule has 2 aromatic rings.